The Labute approximate surface area is 186 Å². The molecule has 3 aromatic rings. The summed E-state index contributed by atoms with van der Waals surface area (Å²) in [4.78, 5) is 26.5. The van der Waals surface area contributed by atoms with Gasteiger partial charge in [0.05, 0.1) is 25.5 Å². The second-order valence-electron chi connectivity index (χ2n) is 7.66. The molecule has 2 aromatic heterocycles. The van der Waals surface area contributed by atoms with Crippen molar-refractivity contribution in [2.45, 2.75) is 32.7 Å². The summed E-state index contributed by atoms with van der Waals surface area (Å²) in [7, 11) is 3.24. The molecule has 164 valence electrons. The van der Waals surface area contributed by atoms with E-state index >= 15 is 0 Å². The molecule has 0 aliphatic carbocycles. The van der Waals surface area contributed by atoms with Crippen molar-refractivity contribution in [2.24, 2.45) is 5.92 Å². The van der Waals surface area contributed by atoms with Crippen molar-refractivity contribution in [1.82, 2.24) is 15.3 Å². The lowest BCUT2D eigenvalue weighted by Gasteiger charge is -2.33. The number of thiophene rings is 1. The zero-order valence-corrected chi connectivity index (χ0v) is 19.0. The Morgan fingerprint density at radius 3 is 2.90 bits per heavy atom. The number of fused-ring (bicyclic) bond motifs is 1. The first-order valence-corrected chi connectivity index (χ1v) is 11.4. The molecule has 4 rings (SSSR count). The Hall–Kier alpha value is -2.87. The highest BCUT2D eigenvalue weighted by Gasteiger charge is 2.28. The quantitative estimate of drug-likeness (QED) is 0.602. The van der Waals surface area contributed by atoms with Crippen LogP contribution in [0, 0.1) is 5.92 Å². The molecular formula is C23H28N4O3S. The molecule has 1 aromatic carbocycles. The van der Waals surface area contributed by atoms with Gasteiger partial charge in [-0.1, -0.05) is 6.92 Å². The average molecular weight is 441 g/mol. The van der Waals surface area contributed by atoms with Crippen molar-refractivity contribution >= 4 is 33.3 Å². The molecule has 31 heavy (non-hydrogen) atoms. The number of aromatic nitrogens is 2. The van der Waals surface area contributed by atoms with Crippen LogP contribution in [0.4, 0.5) is 5.82 Å². The van der Waals surface area contributed by atoms with Crippen LogP contribution in [0.1, 0.15) is 30.2 Å². The predicted octanol–water partition coefficient (Wildman–Crippen LogP) is 3.80. The lowest BCUT2D eigenvalue weighted by Crippen LogP contribution is -2.43. The van der Waals surface area contributed by atoms with Gasteiger partial charge >= 0.3 is 0 Å². The number of benzene rings is 1. The maximum absolute atomic E-state index is 13.0. The van der Waals surface area contributed by atoms with Gasteiger partial charge in [-0.2, -0.15) is 0 Å². The highest BCUT2D eigenvalue weighted by molar-refractivity contribution is 7.18. The van der Waals surface area contributed by atoms with Crippen molar-refractivity contribution < 1.29 is 14.3 Å². The normalized spacial score (nSPS) is 16.4. The minimum Gasteiger partial charge on any atom is -0.497 e. The molecule has 3 heterocycles. The summed E-state index contributed by atoms with van der Waals surface area (Å²) in [5.74, 6) is 2.36. The van der Waals surface area contributed by atoms with Crippen molar-refractivity contribution in [3.05, 3.63) is 41.0 Å². The highest BCUT2D eigenvalue weighted by Crippen LogP contribution is 2.32. The lowest BCUT2D eigenvalue weighted by atomic mass is 9.96. The summed E-state index contributed by atoms with van der Waals surface area (Å²) in [6.45, 7) is 4.13. The molecule has 1 N–H and O–H groups in total. The van der Waals surface area contributed by atoms with E-state index < -0.39 is 0 Å². The van der Waals surface area contributed by atoms with Gasteiger partial charge in [0.15, 0.2) is 0 Å². The van der Waals surface area contributed by atoms with Gasteiger partial charge in [0.25, 0.3) is 0 Å². The van der Waals surface area contributed by atoms with Crippen LogP contribution < -0.4 is 19.7 Å². The first-order chi connectivity index (χ1) is 15.1. The fraction of sp³-hybridized carbons (Fsp3) is 0.435. The zero-order chi connectivity index (χ0) is 21.8. The largest absolute Gasteiger partial charge is 0.497 e. The highest BCUT2D eigenvalue weighted by atomic mass is 32.1. The van der Waals surface area contributed by atoms with E-state index in [-0.39, 0.29) is 11.8 Å². The van der Waals surface area contributed by atoms with Gasteiger partial charge in [0, 0.05) is 36.1 Å². The fourth-order valence-corrected chi connectivity index (χ4v) is 4.96. The van der Waals surface area contributed by atoms with Crippen LogP contribution >= 0.6 is 11.3 Å². The smallest absolute Gasteiger partial charge is 0.225 e. The maximum Gasteiger partial charge on any atom is 0.225 e. The molecule has 0 saturated carbocycles. The summed E-state index contributed by atoms with van der Waals surface area (Å²) in [5, 5.41) is 4.18. The van der Waals surface area contributed by atoms with Gasteiger partial charge in [0.2, 0.25) is 5.91 Å². The summed E-state index contributed by atoms with van der Waals surface area (Å²) >= 11 is 1.72. The number of nitrogens with zero attached hydrogens (tertiary/aromatic N) is 3. The third-order valence-electron chi connectivity index (χ3n) is 5.75. The molecule has 0 radical (unpaired) electrons. The summed E-state index contributed by atoms with van der Waals surface area (Å²) in [5.41, 5.74) is 0.923. The van der Waals surface area contributed by atoms with Crippen molar-refractivity contribution in [1.29, 1.82) is 0 Å². The molecule has 1 aliphatic heterocycles. The number of piperidine rings is 1. The molecule has 1 aliphatic rings. The van der Waals surface area contributed by atoms with E-state index in [1.807, 2.05) is 18.2 Å². The van der Waals surface area contributed by atoms with Crippen LogP contribution in [0.25, 0.3) is 10.2 Å². The third-order valence-corrected chi connectivity index (χ3v) is 6.93. The predicted molar refractivity (Wildman–Crippen MR) is 123 cm³/mol. The van der Waals surface area contributed by atoms with Gasteiger partial charge in [0.1, 0.15) is 28.5 Å². The zero-order valence-electron chi connectivity index (χ0n) is 18.2. The molecule has 8 heteroatoms. The Morgan fingerprint density at radius 1 is 1.26 bits per heavy atom. The molecule has 7 nitrogen and oxygen atoms in total. The van der Waals surface area contributed by atoms with Crippen molar-refractivity contribution in [3.8, 4) is 11.5 Å². The molecule has 1 saturated heterocycles. The minimum atomic E-state index is -0.0766. The number of methoxy groups -OCH3 is 2. The Morgan fingerprint density at radius 2 is 2.13 bits per heavy atom. The Bertz CT molecular complexity index is 1070. The van der Waals surface area contributed by atoms with Gasteiger partial charge in [-0.25, -0.2) is 9.97 Å². The first kappa shape index (κ1) is 21.4. The van der Waals surface area contributed by atoms with Gasteiger partial charge < -0.3 is 19.7 Å². The topological polar surface area (TPSA) is 76.6 Å². The van der Waals surface area contributed by atoms with E-state index in [9.17, 15) is 4.79 Å². The summed E-state index contributed by atoms with van der Waals surface area (Å²) in [6, 6.07) is 7.81. The Kier molecular flexibility index (Phi) is 6.56. The minimum absolute atomic E-state index is 0.0624. The van der Waals surface area contributed by atoms with E-state index in [1.54, 1.807) is 31.9 Å². The number of anilines is 1. The molecule has 0 unspecified atom stereocenters. The standard InChI is InChI=1S/C23H28N4O3S/c1-4-18-11-19-21(25-14-26-23(19)31-18)27-9-5-6-16(13-27)22(28)24-12-15-7-8-17(29-2)10-20(15)30-3/h7-8,10-11,14,16H,4-6,9,12-13H2,1-3H3,(H,24,28)/t16-/m1/s1. The van der Waals surface area contributed by atoms with Crippen LogP contribution in [0.3, 0.4) is 0 Å². The molecule has 1 fully saturated rings. The van der Waals surface area contributed by atoms with Crippen LogP contribution in [-0.2, 0) is 17.8 Å². The number of hydrogen-bond donors (Lipinski definition) is 1. The number of rotatable bonds is 7. The molecule has 0 spiro atoms. The van der Waals surface area contributed by atoms with Crippen LogP contribution in [0.2, 0.25) is 0 Å². The second kappa shape index (κ2) is 9.51. The fourth-order valence-electron chi connectivity index (χ4n) is 4.03. The average Bonchev–Trinajstić information content (AvgIpc) is 3.26. The lowest BCUT2D eigenvalue weighted by molar-refractivity contribution is -0.125. The summed E-state index contributed by atoms with van der Waals surface area (Å²) < 4.78 is 10.7. The van der Waals surface area contributed by atoms with Crippen molar-refractivity contribution in [2.75, 3.05) is 32.2 Å². The molecule has 1 atom stereocenters. The van der Waals surface area contributed by atoms with E-state index in [1.165, 1.54) is 4.88 Å². The summed E-state index contributed by atoms with van der Waals surface area (Å²) in [6.07, 6.45) is 4.45. The molecule has 1 amide bonds. The van der Waals surface area contributed by atoms with Crippen molar-refractivity contribution in [3.63, 3.8) is 0 Å². The van der Waals surface area contributed by atoms with E-state index in [2.05, 4.69) is 33.2 Å². The number of ether oxygens (including phenoxy) is 2. The van der Waals surface area contributed by atoms with Crippen LogP contribution in [-0.4, -0.2) is 43.2 Å². The number of nitrogens with one attached hydrogen (secondary N) is 1. The SMILES string of the molecule is CCc1cc2c(N3CCC[C@@H](C(=O)NCc4ccc(OC)cc4OC)C3)ncnc2s1. The number of amides is 1. The van der Waals surface area contributed by atoms with Crippen LogP contribution in [0.15, 0.2) is 30.6 Å². The second-order valence-corrected chi connectivity index (χ2v) is 8.78. The Balaban J connectivity index is 1.44. The van der Waals surface area contributed by atoms with E-state index in [4.69, 9.17) is 9.47 Å². The molecular weight excluding hydrogens is 412 g/mol. The van der Waals surface area contributed by atoms with E-state index in [0.29, 0.717) is 18.8 Å². The monoisotopic (exact) mass is 440 g/mol. The van der Waals surface area contributed by atoms with Gasteiger partial charge in [-0.15, -0.1) is 11.3 Å². The maximum atomic E-state index is 13.0. The number of hydrogen-bond acceptors (Lipinski definition) is 7. The first-order valence-electron chi connectivity index (χ1n) is 10.6. The number of carbonyl (C=O) groups is 1. The van der Waals surface area contributed by atoms with E-state index in [0.717, 1.165) is 53.2 Å². The number of aryl methyl sites for hydroxylation is 1. The van der Waals surface area contributed by atoms with Gasteiger partial charge in [-0.05, 0) is 37.5 Å². The van der Waals surface area contributed by atoms with Crippen LogP contribution in [0.5, 0.6) is 11.5 Å². The van der Waals surface area contributed by atoms with Gasteiger partial charge in [-0.3, -0.25) is 4.79 Å². The molecule has 0 bridgehead atoms. The number of carbonyl (C=O) groups excluding carboxylic acids is 1. The third kappa shape index (κ3) is 4.58.